The van der Waals surface area contributed by atoms with Crippen molar-refractivity contribution in [2.75, 3.05) is 6.61 Å². The van der Waals surface area contributed by atoms with E-state index in [0.717, 1.165) is 10.6 Å². The third kappa shape index (κ3) is 5.19. The van der Waals surface area contributed by atoms with E-state index in [1.54, 1.807) is 55.5 Å². The third-order valence-corrected chi connectivity index (χ3v) is 3.65. The summed E-state index contributed by atoms with van der Waals surface area (Å²) < 4.78 is 5.44. The van der Waals surface area contributed by atoms with Crippen molar-refractivity contribution in [3.8, 4) is 6.07 Å². The molecule has 2 heterocycles. The molecular weight excluding hydrogens is 350 g/mol. The molecule has 0 atom stereocenters. The lowest BCUT2D eigenvalue weighted by molar-refractivity contribution is 0.292. The number of rotatable bonds is 0. The number of ether oxygens (including phenoxy) is 1. The van der Waals surface area contributed by atoms with E-state index in [9.17, 15) is 5.26 Å². The molecule has 0 amide bonds. The first-order valence-electron chi connectivity index (χ1n) is 8.55. The predicted molar refractivity (Wildman–Crippen MR) is 111 cm³/mol. The van der Waals surface area contributed by atoms with Crippen LogP contribution in [0.4, 0.5) is 5.69 Å². The van der Waals surface area contributed by atoms with Crippen LogP contribution in [0.25, 0.3) is 12.2 Å². The Hall–Kier alpha value is -4.11. The van der Waals surface area contributed by atoms with Crippen molar-refractivity contribution < 1.29 is 4.74 Å². The third-order valence-electron chi connectivity index (χ3n) is 3.65. The van der Waals surface area contributed by atoms with Gasteiger partial charge in [-0.25, -0.2) is 4.99 Å². The van der Waals surface area contributed by atoms with Gasteiger partial charge in [0.05, 0.1) is 22.9 Å². The first-order chi connectivity index (χ1) is 13.9. The normalized spacial score (nSPS) is 13.7. The number of para-hydroxylation sites is 1. The van der Waals surface area contributed by atoms with Crippen LogP contribution >= 0.6 is 0 Å². The molecule has 2 aromatic rings. The largest absolute Gasteiger partial charge is 0.497 e. The van der Waals surface area contributed by atoms with Gasteiger partial charge in [-0.05, 0) is 30.4 Å². The van der Waals surface area contributed by atoms with Crippen LogP contribution in [0, 0.1) is 11.3 Å². The number of pyridine rings is 1. The number of nitriles is 1. The molecular formula is C22H17N5O. The molecule has 0 bridgehead atoms. The molecule has 0 unspecified atom stereocenters. The van der Waals surface area contributed by atoms with Gasteiger partial charge in [0.25, 0.3) is 0 Å². The summed E-state index contributed by atoms with van der Waals surface area (Å²) >= 11 is 0. The Kier molecular flexibility index (Phi) is 6.76. The number of benzene rings is 1. The number of allylic oxidation sites excluding steroid dienone is 1. The fourth-order valence-corrected chi connectivity index (χ4v) is 2.35. The Balaban J connectivity index is 2.17. The maximum Gasteiger partial charge on any atom is 0.107 e. The standard InChI is InChI=1S/C22H17N5O/c23-15-20-17-26-16-19-8-14-28-13-4-11-24-9-3-10-25-12-7-18-5-1-2-6-21(18)27-22(19)20/h1-12,14,16-17H,13H2. The Bertz CT molecular complexity index is 1130. The van der Waals surface area contributed by atoms with Gasteiger partial charge >= 0.3 is 0 Å². The van der Waals surface area contributed by atoms with Crippen molar-refractivity contribution in [1.29, 1.82) is 5.26 Å². The Morgan fingerprint density at radius 3 is 2.86 bits per heavy atom. The van der Waals surface area contributed by atoms with Gasteiger partial charge in [0.15, 0.2) is 0 Å². The first kappa shape index (κ1) is 18.7. The maximum absolute atomic E-state index is 9.47. The molecule has 3 rings (SSSR count). The Morgan fingerprint density at radius 1 is 1.04 bits per heavy atom. The second-order valence-electron chi connectivity index (χ2n) is 5.53. The lowest BCUT2D eigenvalue weighted by atomic mass is 10.1. The molecule has 28 heavy (non-hydrogen) atoms. The van der Waals surface area contributed by atoms with Gasteiger partial charge in [0, 0.05) is 48.0 Å². The molecule has 6 heteroatoms. The van der Waals surface area contributed by atoms with Gasteiger partial charge in [-0.3, -0.25) is 15.0 Å². The molecule has 6 nitrogen and oxygen atoms in total. The van der Waals surface area contributed by atoms with Crippen molar-refractivity contribution in [3.63, 3.8) is 0 Å². The van der Waals surface area contributed by atoms with Crippen molar-refractivity contribution in [3.05, 3.63) is 89.2 Å². The summed E-state index contributed by atoms with van der Waals surface area (Å²) in [4.78, 5) is 17.1. The summed E-state index contributed by atoms with van der Waals surface area (Å²) in [5.41, 5.74) is 1.61. The summed E-state index contributed by atoms with van der Waals surface area (Å²) in [6, 6.07) is 9.79. The van der Waals surface area contributed by atoms with Gasteiger partial charge < -0.3 is 4.74 Å². The van der Waals surface area contributed by atoms with Gasteiger partial charge in [0.2, 0.25) is 0 Å². The molecule has 1 aliphatic rings. The smallest absolute Gasteiger partial charge is 0.107 e. The minimum atomic E-state index is 0.366. The Labute approximate surface area is 162 Å². The van der Waals surface area contributed by atoms with Gasteiger partial charge in [-0.15, -0.1) is 0 Å². The number of aliphatic imine (C=N–C) groups is 2. The molecule has 1 aliphatic heterocycles. The van der Waals surface area contributed by atoms with Gasteiger partial charge in [-0.1, -0.05) is 18.2 Å². The lowest BCUT2D eigenvalue weighted by Gasteiger charge is -2.03. The molecule has 0 saturated carbocycles. The topological polar surface area (TPSA) is 83.0 Å². The molecule has 0 fully saturated rings. The zero-order valence-electron chi connectivity index (χ0n) is 15.0. The molecule has 1 aromatic heterocycles. The fourth-order valence-electron chi connectivity index (χ4n) is 2.35. The van der Waals surface area contributed by atoms with Gasteiger partial charge in [-0.2, -0.15) is 5.26 Å². The van der Waals surface area contributed by atoms with Crippen LogP contribution in [-0.4, -0.2) is 24.0 Å². The minimum Gasteiger partial charge on any atom is -0.497 e. The highest BCUT2D eigenvalue weighted by molar-refractivity contribution is 5.91. The number of fused-ring (bicyclic) bond motifs is 2. The van der Waals surface area contributed by atoms with Crippen molar-refractivity contribution in [2.45, 2.75) is 0 Å². The van der Waals surface area contributed by atoms with Crippen LogP contribution < -0.4 is 10.6 Å². The highest BCUT2D eigenvalue weighted by atomic mass is 16.5. The quantitative estimate of drug-likeness (QED) is 0.718. The number of hydrogen-bond acceptors (Lipinski definition) is 6. The van der Waals surface area contributed by atoms with E-state index in [1.807, 2.05) is 30.3 Å². The fraction of sp³-hybridized carbons (Fsp3) is 0.0455. The zero-order chi connectivity index (χ0) is 19.4. The second kappa shape index (κ2) is 10.1. The Morgan fingerprint density at radius 2 is 1.93 bits per heavy atom. The summed E-state index contributed by atoms with van der Waals surface area (Å²) in [7, 11) is 0. The van der Waals surface area contributed by atoms with Crippen LogP contribution in [0.3, 0.4) is 0 Å². The van der Waals surface area contributed by atoms with E-state index >= 15 is 0 Å². The summed E-state index contributed by atoms with van der Waals surface area (Å²) in [5.74, 6) is 0. The second-order valence-corrected chi connectivity index (χ2v) is 5.53. The molecule has 1 aromatic carbocycles. The van der Waals surface area contributed by atoms with Crippen molar-refractivity contribution in [2.24, 2.45) is 15.0 Å². The molecule has 0 N–H and O–H groups in total. The van der Waals surface area contributed by atoms with Crippen LogP contribution in [-0.2, 0) is 4.74 Å². The molecule has 0 saturated heterocycles. The summed E-state index contributed by atoms with van der Waals surface area (Å²) in [5, 5.41) is 11.1. The van der Waals surface area contributed by atoms with E-state index in [-0.39, 0.29) is 0 Å². The van der Waals surface area contributed by atoms with Crippen molar-refractivity contribution >= 4 is 30.3 Å². The van der Waals surface area contributed by atoms with E-state index in [0.29, 0.717) is 23.4 Å². The van der Waals surface area contributed by atoms with Crippen LogP contribution in [0.15, 0.2) is 82.5 Å². The first-order valence-corrected chi connectivity index (χ1v) is 8.55. The molecule has 0 radical (unpaired) electrons. The average Bonchev–Trinajstić information content (AvgIpc) is 2.72. The van der Waals surface area contributed by atoms with E-state index in [2.05, 4.69) is 21.0 Å². The van der Waals surface area contributed by atoms with E-state index < -0.39 is 0 Å². The summed E-state index contributed by atoms with van der Waals surface area (Å²) in [6.07, 6.45) is 18.4. The average molecular weight is 367 g/mol. The van der Waals surface area contributed by atoms with Crippen molar-refractivity contribution in [1.82, 2.24) is 4.98 Å². The zero-order valence-corrected chi connectivity index (χ0v) is 15.0. The highest BCUT2D eigenvalue weighted by Gasteiger charge is 2.06. The lowest BCUT2D eigenvalue weighted by Crippen LogP contribution is -2.24. The van der Waals surface area contributed by atoms with Gasteiger partial charge in [0.1, 0.15) is 12.7 Å². The predicted octanol–water partition coefficient (Wildman–Crippen LogP) is 2.85. The number of aromatic nitrogens is 1. The maximum atomic E-state index is 9.47. The van der Waals surface area contributed by atoms with Crippen LogP contribution in [0.5, 0.6) is 0 Å². The molecule has 0 spiro atoms. The molecule has 0 aliphatic carbocycles. The SMILES string of the molecule is N#Cc1cncc2c1N=c1ccccc1=CC=NC=CC=NC=CCOC=C2. The number of hydrogen-bond donors (Lipinski definition) is 0. The molecule has 136 valence electrons. The van der Waals surface area contributed by atoms with E-state index in [4.69, 9.17) is 9.73 Å². The van der Waals surface area contributed by atoms with E-state index in [1.165, 1.54) is 6.20 Å². The highest BCUT2D eigenvalue weighted by Crippen LogP contribution is 2.23. The minimum absolute atomic E-state index is 0.366. The van der Waals surface area contributed by atoms with Crippen LogP contribution in [0.2, 0.25) is 0 Å². The number of nitrogens with zero attached hydrogens (tertiary/aromatic N) is 5. The van der Waals surface area contributed by atoms with Crippen LogP contribution in [0.1, 0.15) is 11.1 Å². The monoisotopic (exact) mass is 367 g/mol. The summed E-state index contributed by atoms with van der Waals surface area (Å²) in [6.45, 7) is 0.366.